The molecule has 1 heterocycles. The Morgan fingerprint density at radius 3 is 2.48 bits per heavy atom. The van der Waals surface area contributed by atoms with Gasteiger partial charge in [0.2, 0.25) is 0 Å². The molecule has 2 aromatic carbocycles. The van der Waals surface area contributed by atoms with Crippen molar-refractivity contribution in [1.82, 2.24) is 4.90 Å². The van der Waals surface area contributed by atoms with E-state index in [2.05, 4.69) is 0 Å². The summed E-state index contributed by atoms with van der Waals surface area (Å²) in [6.45, 7) is 0. The first-order valence-electron chi connectivity index (χ1n) is 10.3. The summed E-state index contributed by atoms with van der Waals surface area (Å²) in [6.07, 6.45) is 6.70. The molecule has 0 aromatic heterocycles. The van der Waals surface area contributed by atoms with E-state index in [1.165, 1.54) is 12.0 Å². The van der Waals surface area contributed by atoms with Gasteiger partial charge in [0, 0.05) is 18.6 Å². The smallest absolute Gasteiger partial charge is 0.326 e. The summed E-state index contributed by atoms with van der Waals surface area (Å²) in [4.78, 5) is 27.5. The van der Waals surface area contributed by atoms with E-state index in [0.29, 0.717) is 24.3 Å². The van der Waals surface area contributed by atoms with E-state index in [1.54, 1.807) is 12.1 Å². The Balaban J connectivity index is 1.72. The average molecular weight is 438 g/mol. The van der Waals surface area contributed by atoms with Gasteiger partial charge in [0.15, 0.2) is 5.60 Å². The molecular formula is C25H24ClNO4. The largest absolute Gasteiger partial charge is 0.480 e. The van der Waals surface area contributed by atoms with Crippen LogP contribution >= 0.6 is 11.6 Å². The number of carbonyl (C=O) groups is 2. The molecule has 1 fully saturated rings. The van der Waals surface area contributed by atoms with Crippen molar-refractivity contribution in [2.45, 2.75) is 36.9 Å². The van der Waals surface area contributed by atoms with Crippen molar-refractivity contribution in [2.75, 3.05) is 7.11 Å². The van der Waals surface area contributed by atoms with Crippen LogP contribution in [-0.2, 0) is 14.3 Å². The van der Waals surface area contributed by atoms with E-state index in [9.17, 15) is 14.7 Å². The third-order valence-electron chi connectivity index (χ3n) is 6.16. The number of ether oxygens (including phenoxy) is 1. The highest BCUT2D eigenvalue weighted by molar-refractivity contribution is 6.31. The zero-order chi connectivity index (χ0) is 22.0. The van der Waals surface area contributed by atoms with Gasteiger partial charge in [-0.2, -0.15) is 0 Å². The number of likely N-dealkylation sites (tertiary alicyclic amines) is 1. The van der Waals surface area contributed by atoms with Crippen molar-refractivity contribution in [3.8, 4) is 0 Å². The third kappa shape index (κ3) is 3.91. The van der Waals surface area contributed by atoms with Crippen molar-refractivity contribution in [3.05, 3.63) is 89.0 Å². The van der Waals surface area contributed by atoms with Crippen molar-refractivity contribution >= 4 is 29.1 Å². The second-order valence-corrected chi connectivity index (χ2v) is 8.28. The van der Waals surface area contributed by atoms with Crippen LogP contribution in [0.15, 0.2) is 72.8 Å². The first-order chi connectivity index (χ1) is 15.0. The fourth-order valence-electron chi connectivity index (χ4n) is 4.55. The highest BCUT2D eigenvalue weighted by Gasteiger charge is 2.50. The molecule has 160 valence electrons. The highest BCUT2D eigenvalue weighted by atomic mass is 35.5. The number of carboxylic acids is 1. The Bertz CT molecular complexity index is 1050. The number of hydrogen-bond donors (Lipinski definition) is 1. The quantitative estimate of drug-likeness (QED) is 0.723. The predicted molar refractivity (Wildman–Crippen MR) is 120 cm³/mol. The molecule has 2 aliphatic rings. The van der Waals surface area contributed by atoms with Crippen LogP contribution in [0.4, 0.5) is 0 Å². The number of benzene rings is 2. The van der Waals surface area contributed by atoms with Gasteiger partial charge in [0.25, 0.3) is 5.91 Å². The fourth-order valence-corrected chi connectivity index (χ4v) is 4.81. The van der Waals surface area contributed by atoms with E-state index in [1.807, 2.05) is 60.7 Å². The normalized spacial score (nSPS) is 25.4. The van der Waals surface area contributed by atoms with Crippen LogP contribution in [0.5, 0.6) is 0 Å². The third-order valence-corrected chi connectivity index (χ3v) is 6.50. The molecule has 0 radical (unpaired) electrons. The number of methoxy groups -OCH3 is 1. The lowest BCUT2D eigenvalue weighted by atomic mass is 9.84. The van der Waals surface area contributed by atoms with E-state index in [0.717, 1.165) is 16.7 Å². The number of hydrogen-bond acceptors (Lipinski definition) is 3. The van der Waals surface area contributed by atoms with E-state index in [4.69, 9.17) is 16.3 Å². The molecule has 0 bridgehead atoms. The molecule has 6 heteroatoms. The summed E-state index contributed by atoms with van der Waals surface area (Å²) >= 11 is 6.42. The van der Waals surface area contributed by atoms with Crippen LogP contribution in [0.25, 0.3) is 5.57 Å². The first-order valence-corrected chi connectivity index (χ1v) is 10.6. The van der Waals surface area contributed by atoms with Crippen LogP contribution in [0.3, 0.4) is 0 Å². The van der Waals surface area contributed by atoms with Gasteiger partial charge in [0.1, 0.15) is 6.04 Å². The molecule has 1 amide bonds. The van der Waals surface area contributed by atoms with Gasteiger partial charge in [0.05, 0.1) is 6.04 Å². The Morgan fingerprint density at radius 2 is 1.81 bits per heavy atom. The minimum Gasteiger partial charge on any atom is -0.480 e. The number of rotatable bonds is 5. The lowest BCUT2D eigenvalue weighted by Crippen LogP contribution is -2.53. The van der Waals surface area contributed by atoms with Gasteiger partial charge in [-0.05, 0) is 41.7 Å². The molecule has 1 aliphatic heterocycles. The van der Waals surface area contributed by atoms with Crippen LogP contribution < -0.4 is 0 Å². The zero-order valence-electron chi connectivity index (χ0n) is 17.2. The monoisotopic (exact) mass is 437 g/mol. The predicted octanol–water partition coefficient (Wildman–Crippen LogP) is 4.89. The molecule has 31 heavy (non-hydrogen) atoms. The minimum atomic E-state index is -1.28. The lowest BCUT2D eigenvalue weighted by molar-refractivity contribution is -0.159. The fraction of sp³-hybridized carbons (Fsp3) is 0.280. The number of amides is 1. The zero-order valence-corrected chi connectivity index (χ0v) is 18.0. The molecule has 4 rings (SSSR count). The summed E-state index contributed by atoms with van der Waals surface area (Å²) in [7, 11) is 1.49. The summed E-state index contributed by atoms with van der Waals surface area (Å²) in [6, 6.07) is 15.7. The number of carboxylic acid groups (broad SMARTS) is 1. The van der Waals surface area contributed by atoms with Gasteiger partial charge in [-0.3, -0.25) is 4.79 Å². The Hall–Kier alpha value is -2.89. The van der Waals surface area contributed by atoms with Crippen LogP contribution in [-0.4, -0.2) is 40.6 Å². The van der Waals surface area contributed by atoms with Crippen LogP contribution in [0.2, 0.25) is 5.02 Å². The molecule has 3 atom stereocenters. The summed E-state index contributed by atoms with van der Waals surface area (Å²) < 4.78 is 5.80. The van der Waals surface area contributed by atoms with Gasteiger partial charge >= 0.3 is 5.97 Å². The molecule has 1 unspecified atom stereocenters. The Labute approximate surface area is 186 Å². The lowest BCUT2D eigenvalue weighted by Gasteiger charge is -2.39. The molecule has 5 nitrogen and oxygen atoms in total. The minimum absolute atomic E-state index is 0.320. The van der Waals surface area contributed by atoms with Crippen molar-refractivity contribution < 1.29 is 19.4 Å². The number of allylic oxidation sites excluding steroid dienone is 2. The molecule has 2 aromatic rings. The van der Waals surface area contributed by atoms with Crippen molar-refractivity contribution in [2.24, 2.45) is 0 Å². The topological polar surface area (TPSA) is 66.8 Å². The Morgan fingerprint density at radius 1 is 1.10 bits per heavy atom. The standard InChI is InChI=1S/C25H24ClNO4/c1-31-25(15-7-10-18(16-25)17-8-3-2-4-9-17)24(30)27-21(13-14-22(27)23(28)29)19-11-5-6-12-20(19)26/h2-12,15,21-22H,13-14,16H2,1H3,(H,28,29)/t21-,22+,25?/m1/s1. The molecule has 1 saturated heterocycles. The SMILES string of the molecule is COC1(C(=O)N2[C@@H](c3ccccc3Cl)CC[C@H]2C(=O)O)C=CC=C(c2ccccc2)C1. The molecule has 1 aliphatic carbocycles. The second kappa shape index (κ2) is 8.69. The van der Waals surface area contributed by atoms with Gasteiger partial charge < -0.3 is 14.7 Å². The van der Waals surface area contributed by atoms with Gasteiger partial charge in [-0.1, -0.05) is 72.3 Å². The molecule has 0 spiro atoms. The van der Waals surface area contributed by atoms with E-state index >= 15 is 0 Å². The molecule has 1 N–H and O–H groups in total. The van der Waals surface area contributed by atoms with Crippen LogP contribution in [0.1, 0.15) is 36.4 Å². The Kier molecular flexibility index (Phi) is 5.99. The number of aliphatic carboxylic acids is 1. The maximum absolute atomic E-state index is 14.0. The number of carbonyl (C=O) groups excluding carboxylic acids is 1. The maximum Gasteiger partial charge on any atom is 0.326 e. The second-order valence-electron chi connectivity index (χ2n) is 7.87. The molecule has 0 saturated carbocycles. The average Bonchev–Trinajstić information content (AvgIpc) is 3.24. The van der Waals surface area contributed by atoms with Crippen LogP contribution in [0, 0.1) is 0 Å². The highest BCUT2D eigenvalue weighted by Crippen LogP contribution is 2.43. The number of halogens is 1. The molecular weight excluding hydrogens is 414 g/mol. The van der Waals surface area contributed by atoms with Gasteiger partial charge in [-0.15, -0.1) is 0 Å². The summed E-state index contributed by atoms with van der Waals surface area (Å²) in [5.41, 5.74) is 1.43. The van der Waals surface area contributed by atoms with Crippen molar-refractivity contribution in [1.29, 1.82) is 0 Å². The number of nitrogens with zero attached hydrogens (tertiary/aromatic N) is 1. The van der Waals surface area contributed by atoms with E-state index in [-0.39, 0.29) is 5.91 Å². The van der Waals surface area contributed by atoms with Crippen molar-refractivity contribution in [3.63, 3.8) is 0 Å². The maximum atomic E-state index is 14.0. The summed E-state index contributed by atoms with van der Waals surface area (Å²) in [5, 5.41) is 10.4. The van der Waals surface area contributed by atoms with Gasteiger partial charge in [-0.25, -0.2) is 4.79 Å². The van der Waals surface area contributed by atoms with E-state index < -0.39 is 23.7 Å². The summed E-state index contributed by atoms with van der Waals surface area (Å²) in [5.74, 6) is -1.38. The first kappa shape index (κ1) is 21.3.